The molecule has 0 spiro atoms. The van der Waals surface area contributed by atoms with Crippen molar-refractivity contribution in [3.8, 4) is 0 Å². The molecule has 0 radical (unpaired) electrons. The van der Waals surface area contributed by atoms with Crippen molar-refractivity contribution in [1.82, 2.24) is 15.1 Å². The number of thioether (sulfide) groups is 1. The molecular weight excluding hydrogens is 360 g/mol. The van der Waals surface area contributed by atoms with Crippen molar-refractivity contribution in [2.24, 2.45) is 4.99 Å². The molecule has 0 aromatic heterocycles. The first-order valence-corrected chi connectivity index (χ1v) is 10.2. The van der Waals surface area contributed by atoms with E-state index in [4.69, 9.17) is 11.6 Å². The van der Waals surface area contributed by atoms with Crippen molar-refractivity contribution in [2.45, 2.75) is 58.2 Å². The molecule has 2 heterocycles. The van der Waals surface area contributed by atoms with Gasteiger partial charge in [0.05, 0.1) is 0 Å². The maximum Gasteiger partial charge on any atom is 0.325 e. The van der Waals surface area contributed by atoms with Gasteiger partial charge in [-0.15, -0.1) is 0 Å². The third-order valence-electron chi connectivity index (χ3n) is 4.37. The molecule has 2 aliphatic rings. The number of carbonyl (C=O) groups is 2. The standard InChI is InChI=1S/C17H27ClN4O2S/c1-4-5-6-7-8-11-25-17-19-14-13(22(17)10-9-12(2)18)15(23)20-16(24)21(14)3/h9,13-14H,4-8,10-11H2,1-3H3,(H,20,23,24)/b12-9+. The van der Waals surface area contributed by atoms with Gasteiger partial charge in [-0.25, -0.2) is 9.79 Å². The van der Waals surface area contributed by atoms with Crippen LogP contribution in [-0.2, 0) is 4.79 Å². The summed E-state index contributed by atoms with van der Waals surface area (Å²) in [5.74, 6) is 0.664. The van der Waals surface area contributed by atoms with Crippen LogP contribution in [0.25, 0.3) is 0 Å². The molecule has 0 aromatic rings. The number of halogens is 1. The van der Waals surface area contributed by atoms with Crippen molar-refractivity contribution < 1.29 is 9.59 Å². The van der Waals surface area contributed by atoms with Crippen molar-refractivity contribution in [3.05, 3.63) is 11.1 Å². The molecule has 0 saturated carbocycles. The average Bonchev–Trinajstić information content (AvgIpc) is 2.93. The maximum atomic E-state index is 12.3. The monoisotopic (exact) mass is 386 g/mol. The summed E-state index contributed by atoms with van der Waals surface area (Å²) in [5, 5.41) is 3.89. The van der Waals surface area contributed by atoms with Gasteiger partial charge in [0.25, 0.3) is 5.91 Å². The average molecular weight is 387 g/mol. The number of aliphatic imine (C=N–C) groups is 1. The number of hydrogen-bond donors (Lipinski definition) is 1. The van der Waals surface area contributed by atoms with Crippen molar-refractivity contribution >= 4 is 40.5 Å². The van der Waals surface area contributed by atoms with Crippen LogP contribution in [0.15, 0.2) is 16.1 Å². The van der Waals surface area contributed by atoms with Crippen LogP contribution in [0.4, 0.5) is 4.79 Å². The van der Waals surface area contributed by atoms with Gasteiger partial charge in [-0.1, -0.05) is 62.0 Å². The predicted octanol–water partition coefficient (Wildman–Crippen LogP) is 3.38. The number of rotatable bonds is 8. The molecule has 0 aromatic carbocycles. The number of amidine groups is 1. The topological polar surface area (TPSA) is 65.0 Å². The number of nitrogens with zero attached hydrogens (tertiary/aromatic N) is 3. The van der Waals surface area contributed by atoms with Gasteiger partial charge in [0.2, 0.25) is 0 Å². The number of hydrogen-bond acceptors (Lipinski definition) is 5. The zero-order valence-corrected chi connectivity index (χ0v) is 16.7. The Bertz CT molecular complexity index is 563. The van der Waals surface area contributed by atoms with E-state index >= 15 is 0 Å². The first-order valence-electron chi connectivity index (χ1n) is 8.82. The summed E-state index contributed by atoms with van der Waals surface area (Å²) in [5.41, 5.74) is 0. The third-order valence-corrected chi connectivity index (χ3v) is 5.62. The Morgan fingerprint density at radius 1 is 1.32 bits per heavy atom. The van der Waals surface area contributed by atoms with Gasteiger partial charge >= 0.3 is 6.03 Å². The molecule has 25 heavy (non-hydrogen) atoms. The van der Waals surface area contributed by atoms with Crippen LogP contribution in [-0.4, -0.2) is 58.5 Å². The number of fused-ring (bicyclic) bond motifs is 1. The lowest BCUT2D eigenvalue weighted by Gasteiger charge is -2.35. The fourth-order valence-corrected chi connectivity index (χ4v) is 4.04. The fourth-order valence-electron chi connectivity index (χ4n) is 2.91. The second-order valence-corrected chi connectivity index (χ2v) is 8.04. The predicted molar refractivity (Wildman–Crippen MR) is 104 cm³/mol. The Morgan fingerprint density at radius 3 is 2.72 bits per heavy atom. The molecule has 140 valence electrons. The number of nitrogens with one attached hydrogen (secondary N) is 1. The highest BCUT2D eigenvalue weighted by Crippen LogP contribution is 2.29. The number of unbranched alkanes of at least 4 members (excludes halogenated alkanes) is 4. The van der Waals surface area contributed by atoms with E-state index < -0.39 is 18.2 Å². The molecule has 0 bridgehead atoms. The summed E-state index contributed by atoms with van der Waals surface area (Å²) in [7, 11) is 1.67. The largest absolute Gasteiger partial charge is 0.332 e. The zero-order chi connectivity index (χ0) is 18.4. The third kappa shape index (κ3) is 5.14. The van der Waals surface area contributed by atoms with Crippen LogP contribution >= 0.6 is 23.4 Å². The summed E-state index contributed by atoms with van der Waals surface area (Å²) in [6.07, 6.45) is 7.49. The minimum Gasteiger partial charge on any atom is -0.332 e. The van der Waals surface area contributed by atoms with Crippen LogP contribution in [0.5, 0.6) is 0 Å². The minimum atomic E-state index is -0.488. The Hall–Kier alpha value is -1.21. The van der Waals surface area contributed by atoms with Crippen LogP contribution in [0.2, 0.25) is 0 Å². The van der Waals surface area contributed by atoms with E-state index in [9.17, 15) is 9.59 Å². The molecular formula is C17H27ClN4O2S. The molecule has 2 aliphatic heterocycles. The summed E-state index contributed by atoms with van der Waals surface area (Å²) in [6.45, 7) is 4.52. The van der Waals surface area contributed by atoms with Gasteiger partial charge in [-0.2, -0.15) is 0 Å². The Morgan fingerprint density at radius 2 is 2.04 bits per heavy atom. The van der Waals surface area contributed by atoms with E-state index in [1.54, 1.807) is 18.8 Å². The molecule has 1 fully saturated rings. The second-order valence-electron chi connectivity index (χ2n) is 6.38. The van der Waals surface area contributed by atoms with Crippen molar-refractivity contribution in [3.63, 3.8) is 0 Å². The van der Waals surface area contributed by atoms with E-state index in [0.717, 1.165) is 17.3 Å². The number of allylic oxidation sites excluding steroid dienone is 1. The molecule has 2 atom stereocenters. The van der Waals surface area contributed by atoms with E-state index in [1.807, 2.05) is 17.9 Å². The molecule has 3 amide bonds. The Labute approximate surface area is 159 Å². The smallest absolute Gasteiger partial charge is 0.325 e. The van der Waals surface area contributed by atoms with Gasteiger partial charge in [-0.05, 0) is 13.3 Å². The lowest BCUT2D eigenvalue weighted by molar-refractivity contribution is -0.126. The number of carbonyl (C=O) groups excluding carboxylic acids is 2. The quantitative estimate of drug-likeness (QED) is 0.649. The van der Waals surface area contributed by atoms with Crippen molar-refractivity contribution in [1.29, 1.82) is 0 Å². The highest BCUT2D eigenvalue weighted by Gasteiger charge is 2.48. The molecule has 2 rings (SSSR count). The number of likely N-dealkylation sites (N-methyl/N-ethyl adjacent to an activating group) is 1. The molecule has 1 saturated heterocycles. The first-order chi connectivity index (χ1) is 12.0. The highest BCUT2D eigenvalue weighted by atomic mass is 35.5. The van der Waals surface area contributed by atoms with Crippen LogP contribution in [0, 0.1) is 0 Å². The van der Waals surface area contributed by atoms with Crippen molar-refractivity contribution in [2.75, 3.05) is 19.3 Å². The molecule has 0 aliphatic carbocycles. The SMILES string of the molecule is CCCCCCCSC1=NC2C(C(=O)NC(=O)N2C)N1C/C=C(\C)Cl. The Kier molecular flexibility index (Phi) is 7.62. The molecule has 1 N–H and O–H groups in total. The minimum absolute atomic E-state index is 0.295. The molecule has 2 unspecified atom stereocenters. The maximum absolute atomic E-state index is 12.3. The van der Waals surface area contributed by atoms with Gasteiger partial charge in [0.1, 0.15) is 0 Å². The summed E-state index contributed by atoms with van der Waals surface area (Å²) in [6, 6.07) is -0.887. The van der Waals surface area contributed by atoms with Gasteiger partial charge in [-0.3, -0.25) is 10.1 Å². The Balaban J connectivity index is 2.04. The van der Waals surface area contributed by atoms with E-state index in [0.29, 0.717) is 11.6 Å². The van der Waals surface area contributed by atoms with Gasteiger partial charge in [0.15, 0.2) is 17.4 Å². The van der Waals surface area contributed by atoms with Crippen LogP contribution < -0.4 is 5.32 Å². The summed E-state index contributed by atoms with van der Waals surface area (Å²) < 4.78 is 0. The number of amides is 3. The normalized spacial score (nSPS) is 23.7. The second kappa shape index (κ2) is 9.48. The first kappa shape index (κ1) is 20.1. The lowest BCUT2D eigenvalue weighted by Crippen LogP contribution is -2.63. The lowest BCUT2D eigenvalue weighted by atomic mass is 10.1. The van der Waals surface area contributed by atoms with Gasteiger partial charge in [0, 0.05) is 24.4 Å². The fraction of sp³-hybridized carbons (Fsp3) is 0.706. The van der Waals surface area contributed by atoms with Gasteiger partial charge < -0.3 is 9.80 Å². The van der Waals surface area contributed by atoms with Crippen LogP contribution in [0.3, 0.4) is 0 Å². The highest BCUT2D eigenvalue weighted by molar-refractivity contribution is 8.13. The summed E-state index contributed by atoms with van der Waals surface area (Å²) in [4.78, 5) is 32.3. The molecule has 8 heteroatoms. The molecule has 6 nitrogen and oxygen atoms in total. The van der Waals surface area contributed by atoms with Crippen LogP contribution in [0.1, 0.15) is 46.0 Å². The zero-order valence-electron chi connectivity index (χ0n) is 15.1. The van der Waals surface area contributed by atoms with E-state index in [2.05, 4.69) is 17.2 Å². The summed E-state index contributed by atoms with van der Waals surface area (Å²) >= 11 is 7.62. The number of urea groups is 1. The van der Waals surface area contributed by atoms with E-state index in [1.165, 1.54) is 30.6 Å². The number of imide groups is 1. The van der Waals surface area contributed by atoms with E-state index in [-0.39, 0.29) is 5.91 Å².